The molecule has 0 aliphatic heterocycles. The summed E-state index contributed by atoms with van der Waals surface area (Å²) in [5, 5.41) is 18.1. The zero-order valence-corrected chi connectivity index (χ0v) is 8.00. The lowest BCUT2D eigenvalue weighted by molar-refractivity contribution is -0.384. The molecular formula is C7H4ClN5O2. The van der Waals surface area contributed by atoms with Crippen LogP contribution in [0.25, 0.3) is 5.82 Å². The van der Waals surface area contributed by atoms with Gasteiger partial charge in [-0.25, -0.2) is 4.98 Å². The molecule has 2 rings (SSSR count). The normalized spacial score (nSPS) is 10.2. The molecule has 0 atom stereocenters. The van der Waals surface area contributed by atoms with Crippen LogP contribution in [0.15, 0.2) is 24.7 Å². The lowest BCUT2D eigenvalue weighted by atomic mass is 10.4. The Hall–Kier alpha value is -2.02. The van der Waals surface area contributed by atoms with Crippen molar-refractivity contribution in [2.75, 3.05) is 0 Å². The Labute approximate surface area is 88.5 Å². The number of hydrogen-bond donors (Lipinski definition) is 0. The van der Waals surface area contributed by atoms with Crippen LogP contribution in [0.5, 0.6) is 0 Å². The van der Waals surface area contributed by atoms with Gasteiger partial charge in [0.15, 0.2) is 0 Å². The van der Waals surface area contributed by atoms with Gasteiger partial charge < -0.3 is 0 Å². The molecule has 2 aromatic heterocycles. The van der Waals surface area contributed by atoms with Gasteiger partial charge >= 0.3 is 5.69 Å². The van der Waals surface area contributed by atoms with Crippen LogP contribution in [0.2, 0.25) is 5.02 Å². The molecule has 0 aliphatic rings. The largest absolute Gasteiger partial charge is 0.315 e. The molecule has 7 nitrogen and oxygen atoms in total. The Morgan fingerprint density at radius 1 is 1.53 bits per heavy atom. The van der Waals surface area contributed by atoms with E-state index < -0.39 is 4.92 Å². The fourth-order valence-electron chi connectivity index (χ4n) is 1.05. The lowest BCUT2D eigenvalue weighted by Crippen LogP contribution is -2.03. The molecule has 0 aliphatic carbocycles. The SMILES string of the molecule is O=[N+]([O-])c1cc(Cl)cnc1-n1ccnn1. The molecule has 2 aromatic rings. The summed E-state index contributed by atoms with van der Waals surface area (Å²) < 4.78 is 1.20. The predicted molar refractivity (Wildman–Crippen MR) is 50.8 cm³/mol. The second-order valence-electron chi connectivity index (χ2n) is 2.60. The monoisotopic (exact) mass is 225 g/mol. The Kier molecular flexibility index (Phi) is 2.30. The third kappa shape index (κ3) is 1.77. The molecular weight excluding hydrogens is 222 g/mol. The quantitative estimate of drug-likeness (QED) is 0.567. The number of rotatable bonds is 2. The summed E-state index contributed by atoms with van der Waals surface area (Å²) in [6, 6.07) is 1.21. The van der Waals surface area contributed by atoms with Crippen LogP contribution in [0.3, 0.4) is 0 Å². The summed E-state index contributed by atoms with van der Waals surface area (Å²) in [5.74, 6) is 0.0851. The first-order valence-corrected chi connectivity index (χ1v) is 4.23. The Balaban J connectivity index is 2.61. The number of nitrogens with zero attached hydrogens (tertiary/aromatic N) is 5. The van der Waals surface area contributed by atoms with E-state index in [1.165, 1.54) is 29.3 Å². The van der Waals surface area contributed by atoms with Crippen molar-refractivity contribution in [3.05, 3.63) is 39.8 Å². The Morgan fingerprint density at radius 3 is 2.93 bits per heavy atom. The van der Waals surface area contributed by atoms with E-state index in [9.17, 15) is 10.1 Å². The molecule has 76 valence electrons. The van der Waals surface area contributed by atoms with Gasteiger partial charge in [0.05, 0.1) is 22.3 Å². The summed E-state index contributed by atoms with van der Waals surface area (Å²) in [7, 11) is 0. The van der Waals surface area contributed by atoms with E-state index in [4.69, 9.17) is 11.6 Å². The van der Waals surface area contributed by atoms with E-state index in [1.807, 2.05) is 0 Å². The maximum atomic E-state index is 10.7. The van der Waals surface area contributed by atoms with Gasteiger partial charge in [0.25, 0.3) is 0 Å². The summed E-state index contributed by atoms with van der Waals surface area (Å²) in [5.41, 5.74) is -0.215. The van der Waals surface area contributed by atoms with Gasteiger partial charge in [-0.05, 0) is 0 Å². The first kappa shape index (κ1) is 9.53. The molecule has 0 amide bonds. The summed E-state index contributed by atoms with van der Waals surface area (Å²) in [4.78, 5) is 14.0. The van der Waals surface area contributed by atoms with Crippen molar-refractivity contribution in [3.63, 3.8) is 0 Å². The van der Waals surface area contributed by atoms with Crippen molar-refractivity contribution in [1.82, 2.24) is 20.0 Å². The van der Waals surface area contributed by atoms with Crippen molar-refractivity contribution in [3.8, 4) is 5.82 Å². The second-order valence-corrected chi connectivity index (χ2v) is 3.04. The standard InChI is InChI=1S/C7H4ClN5O2/c8-5-3-6(13(14)15)7(9-4-5)12-2-1-10-11-12/h1-4H. The molecule has 15 heavy (non-hydrogen) atoms. The van der Waals surface area contributed by atoms with Gasteiger partial charge in [-0.3, -0.25) is 10.1 Å². The highest BCUT2D eigenvalue weighted by Gasteiger charge is 2.17. The zero-order valence-electron chi connectivity index (χ0n) is 7.24. The maximum Gasteiger partial charge on any atom is 0.315 e. The average molecular weight is 226 g/mol. The summed E-state index contributed by atoms with van der Waals surface area (Å²) >= 11 is 5.61. The van der Waals surface area contributed by atoms with Crippen molar-refractivity contribution >= 4 is 17.3 Å². The predicted octanol–water partition coefficient (Wildman–Crippen LogP) is 1.22. The van der Waals surface area contributed by atoms with Gasteiger partial charge in [-0.2, -0.15) is 4.68 Å². The highest BCUT2D eigenvalue weighted by atomic mass is 35.5. The minimum absolute atomic E-state index is 0.0851. The van der Waals surface area contributed by atoms with E-state index >= 15 is 0 Å². The van der Waals surface area contributed by atoms with E-state index in [2.05, 4.69) is 15.3 Å². The molecule has 0 radical (unpaired) electrons. The van der Waals surface area contributed by atoms with Gasteiger partial charge in [0.1, 0.15) is 0 Å². The molecule has 0 fully saturated rings. The summed E-state index contributed by atoms with van der Waals surface area (Å²) in [6.07, 6.45) is 4.18. The van der Waals surface area contributed by atoms with Crippen LogP contribution in [0, 0.1) is 10.1 Å². The van der Waals surface area contributed by atoms with E-state index in [-0.39, 0.29) is 16.5 Å². The minimum atomic E-state index is -0.574. The van der Waals surface area contributed by atoms with Gasteiger partial charge in [0.2, 0.25) is 5.82 Å². The molecule has 0 spiro atoms. The van der Waals surface area contributed by atoms with Crippen LogP contribution < -0.4 is 0 Å². The molecule has 0 saturated carbocycles. The third-order valence-electron chi connectivity index (χ3n) is 1.65. The minimum Gasteiger partial charge on any atom is -0.258 e. The van der Waals surface area contributed by atoms with E-state index in [0.717, 1.165) is 0 Å². The number of pyridine rings is 1. The fourth-order valence-corrected chi connectivity index (χ4v) is 1.21. The van der Waals surface area contributed by atoms with Crippen LogP contribution in [0.4, 0.5) is 5.69 Å². The number of halogens is 1. The van der Waals surface area contributed by atoms with Crippen LogP contribution in [-0.2, 0) is 0 Å². The molecule has 0 aromatic carbocycles. The molecule has 0 bridgehead atoms. The third-order valence-corrected chi connectivity index (χ3v) is 1.86. The van der Waals surface area contributed by atoms with Crippen LogP contribution in [0.1, 0.15) is 0 Å². The maximum absolute atomic E-state index is 10.7. The highest BCUT2D eigenvalue weighted by Crippen LogP contribution is 2.22. The Bertz CT molecular complexity index is 498. The lowest BCUT2D eigenvalue weighted by Gasteiger charge is -2.00. The first-order chi connectivity index (χ1) is 7.18. The number of aromatic nitrogens is 4. The molecule has 0 saturated heterocycles. The van der Waals surface area contributed by atoms with Crippen LogP contribution >= 0.6 is 11.6 Å². The first-order valence-electron chi connectivity index (χ1n) is 3.85. The fraction of sp³-hybridized carbons (Fsp3) is 0. The number of hydrogen-bond acceptors (Lipinski definition) is 5. The van der Waals surface area contributed by atoms with E-state index in [0.29, 0.717) is 0 Å². The summed E-state index contributed by atoms with van der Waals surface area (Å²) in [6.45, 7) is 0. The molecule has 2 heterocycles. The topological polar surface area (TPSA) is 86.7 Å². The van der Waals surface area contributed by atoms with Gasteiger partial charge in [-0.15, -0.1) is 5.10 Å². The van der Waals surface area contributed by atoms with Crippen molar-refractivity contribution in [2.45, 2.75) is 0 Å². The van der Waals surface area contributed by atoms with E-state index in [1.54, 1.807) is 0 Å². The second kappa shape index (κ2) is 3.62. The highest BCUT2D eigenvalue weighted by molar-refractivity contribution is 6.30. The smallest absolute Gasteiger partial charge is 0.258 e. The van der Waals surface area contributed by atoms with Crippen molar-refractivity contribution in [2.24, 2.45) is 0 Å². The van der Waals surface area contributed by atoms with Crippen molar-refractivity contribution in [1.29, 1.82) is 0 Å². The zero-order chi connectivity index (χ0) is 10.8. The average Bonchev–Trinajstić information content (AvgIpc) is 2.70. The molecule has 0 N–H and O–H groups in total. The molecule has 8 heteroatoms. The van der Waals surface area contributed by atoms with Gasteiger partial charge in [-0.1, -0.05) is 16.8 Å². The molecule has 0 unspecified atom stereocenters. The van der Waals surface area contributed by atoms with Crippen LogP contribution in [-0.4, -0.2) is 24.9 Å². The van der Waals surface area contributed by atoms with Crippen molar-refractivity contribution < 1.29 is 4.92 Å². The Morgan fingerprint density at radius 2 is 2.33 bits per heavy atom. The number of nitro groups is 1. The van der Waals surface area contributed by atoms with Gasteiger partial charge in [0, 0.05) is 12.3 Å².